The van der Waals surface area contributed by atoms with E-state index in [4.69, 9.17) is 4.74 Å². The number of ketones is 1. The Hall–Kier alpha value is -2.34. The summed E-state index contributed by atoms with van der Waals surface area (Å²) in [6.07, 6.45) is 1.52. The predicted molar refractivity (Wildman–Crippen MR) is 88.2 cm³/mol. The van der Waals surface area contributed by atoms with Crippen LogP contribution >= 0.6 is 11.8 Å². The van der Waals surface area contributed by atoms with Crippen LogP contribution < -0.4 is 10.1 Å². The molecule has 1 aromatic carbocycles. The smallest absolute Gasteiger partial charge is 0.253 e. The molecule has 1 unspecified atom stereocenters. The first kappa shape index (κ1) is 15.6. The maximum absolute atomic E-state index is 12.4. The third-order valence-electron chi connectivity index (χ3n) is 3.47. The van der Waals surface area contributed by atoms with E-state index in [-0.39, 0.29) is 18.3 Å². The van der Waals surface area contributed by atoms with Crippen LogP contribution in [0.5, 0.6) is 5.75 Å². The number of Topliss-reactive ketones (excluding diaryl/α,β-unsaturated/α-hetero) is 1. The van der Waals surface area contributed by atoms with Gasteiger partial charge in [-0.05, 0) is 30.0 Å². The van der Waals surface area contributed by atoms with Crippen LogP contribution in [0.4, 0.5) is 0 Å². The molecule has 6 heteroatoms. The highest BCUT2D eigenvalue weighted by atomic mass is 32.2. The van der Waals surface area contributed by atoms with Gasteiger partial charge in [-0.25, -0.2) is 4.98 Å². The van der Waals surface area contributed by atoms with E-state index in [2.05, 4.69) is 10.3 Å². The van der Waals surface area contributed by atoms with Gasteiger partial charge in [0.2, 0.25) is 0 Å². The number of pyridine rings is 1. The van der Waals surface area contributed by atoms with Crippen molar-refractivity contribution in [3.8, 4) is 5.75 Å². The maximum Gasteiger partial charge on any atom is 0.253 e. The van der Waals surface area contributed by atoms with E-state index in [0.29, 0.717) is 16.9 Å². The number of aromatic nitrogens is 1. The molecule has 0 fully saturated rings. The van der Waals surface area contributed by atoms with E-state index in [0.717, 1.165) is 10.8 Å². The molecule has 0 aliphatic carbocycles. The first-order valence-corrected chi connectivity index (χ1v) is 8.33. The Bertz CT molecular complexity index is 731. The summed E-state index contributed by atoms with van der Waals surface area (Å²) in [5, 5.41) is 3.59. The molecule has 1 aromatic heterocycles. The minimum atomic E-state index is -0.679. The molecule has 23 heavy (non-hydrogen) atoms. The number of carbonyl (C=O) groups is 2. The number of benzene rings is 1. The van der Waals surface area contributed by atoms with Gasteiger partial charge in [-0.2, -0.15) is 0 Å². The van der Waals surface area contributed by atoms with Crippen LogP contribution in [0.3, 0.4) is 0 Å². The number of hydrogen-bond donors (Lipinski definition) is 1. The van der Waals surface area contributed by atoms with E-state index in [9.17, 15) is 9.59 Å². The van der Waals surface area contributed by atoms with Crippen molar-refractivity contribution >= 4 is 23.5 Å². The second-order valence-corrected chi connectivity index (χ2v) is 6.30. The normalized spacial score (nSPS) is 16.4. The first-order chi connectivity index (χ1) is 11.2. The lowest BCUT2D eigenvalue weighted by molar-refractivity contribution is 0.0795. The van der Waals surface area contributed by atoms with Crippen molar-refractivity contribution in [3.63, 3.8) is 0 Å². The molecule has 0 saturated heterocycles. The van der Waals surface area contributed by atoms with Gasteiger partial charge < -0.3 is 10.1 Å². The largest absolute Gasteiger partial charge is 0.490 e. The van der Waals surface area contributed by atoms with Crippen LogP contribution in [0.25, 0.3) is 0 Å². The van der Waals surface area contributed by atoms with E-state index < -0.39 is 6.04 Å². The highest BCUT2D eigenvalue weighted by Gasteiger charge is 2.29. The molecular formula is C17H16N2O3S. The zero-order chi connectivity index (χ0) is 16.2. The van der Waals surface area contributed by atoms with E-state index >= 15 is 0 Å². The van der Waals surface area contributed by atoms with Crippen LogP contribution in [0.1, 0.15) is 27.6 Å². The van der Waals surface area contributed by atoms with Crippen LogP contribution in [-0.4, -0.2) is 35.1 Å². The van der Waals surface area contributed by atoms with Crippen molar-refractivity contribution in [1.82, 2.24) is 10.3 Å². The van der Waals surface area contributed by atoms with Crippen molar-refractivity contribution in [2.24, 2.45) is 0 Å². The topological polar surface area (TPSA) is 68.3 Å². The SMILES string of the molecule is CCSc1ccc(C(=O)NC2COc3ccccc3C2=O)cn1. The monoisotopic (exact) mass is 328 g/mol. The number of carbonyl (C=O) groups excluding carboxylic acids is 2. The minimum Gasteiger partial charge on any atom is -0.490 e. The van der Waals surface area contributed by atoms with Crippen LogP contribution in [-0.2, 0) is 0 Å². The molecule has 118 valence electrons. The number of ether oxygens (including phenoxy) is 1. The summed E-state index contributed by atoms with van der Waals surface area (Å²) in [6, 6.07) is 9.88. The van der Waals surface area contributed by atoms with Crippen molar-refractivity contribution in [2.75, 3.05) is 12.4 Å². The Labute approximate surface area is 138 Å². The Morgan fingerprint density at radius 1 is 1.35 bits per heavy atom. The third-order valence-corrected chi connectivity index (χ3v) is 4.30. The van der Waals surface area contributed by atoms with Crippen LogP contribution in [0.2, 0.25) is 0 Å². The molecular weight excluding hydrogens is 312 g/mol. The fourth-order valence-corrected chi connectivity index (χ4v) is 2.92. The molecule has 0 radical (unpaired) electrons. The fourth-order valence-electron chi connectivity index (χ4n) is 2.33. The molecule has 2 heterocycles. The number of thioether (sulfide) groups is 1. The van der Waals surface area contributed by atoms with Crippen molar-refractivity contribution in [3.05, 3.63) is 53.7 Å². The zero-order valence-corrected chi connectivity index (χ0v) is 13.4. The minimum absolute atomic E-state index is 0.133. The van der Waals surface area contributed by atoms with Gasteiger partial charge >= 0.3 is 0 Å². The average Bonchev–Trinajstić information content (AvgIpc) is 2.58. The second-order valence-electron chi connectivity index (χ2n) is 5.02. The molecule has 1 amide bonds. The number of rotatable bonds is 4. The summed E-state index contributed by atoms with van der Waals surface area (Å²) in [4.78, 5) is 28.9. The molecule has 0 saturated carbocycles. The Kier molecular flexibility index (Phi) is 4.62. The Balaban J connectivity index is 1.70. The van der Waals surface area contributed by atoms with Gasteiger partial charge in [0, 0.05) is 6.20 Å². The summed E-state index contributed by atoms with van der Waals surface area (Å²) in [5.74, 6) is 1.02. The van der Waals surface area contributed by atoms with Gasteiger partial charge in [-0.15, -0.1) is 11.8 Å². The van der Waals surface area contributed by atoms with Gasteiger partial charge in [-0.1, -0.05) is 19.1 Å². The number of hydrogen-bond acceptors (Lipinski definition) is 5. The summed E-state index contributed by atoms with van der Waals surface area (Å²) in [5.41, 5.74) is 0.925. The van der Waals surface area contributed by atoms with Crippen LogP contribution in [0, 0.1) is 0 Å². The molecule has 1 N–H and O–H groups in total. The van der Waals surface area contributed by atoms with Crippen molar-refractivity contribution in [1.29, 1.82) is 0 Å². The van der Waals surface area contributed by atoms with E-state index in [1.54, 1.807) is 42.1 Å². The fraction of sp³-hybridized carbons (Fsp3) is 0.235. The number of nitrogens with zero attached hydrogens (tertiary/aromatic N) is 1. The molecule has 0 bridgehead atoms. The maximum atomic E-state index is 12.4. The van der Waals surface area contributed by atoms with Gasteiger partial charge in [0.25, 0.3) is 5.91 Å². The number of amides is 1. The van der Waals surface area contributed by atoms with E-state index in [1.807, 2.05) is 13.0 Å². The summed E-state index contributed by atoms with van der Waals surface area (Å²) in [7, 11) is 0. The lowest BCUT2D eigenvalue weighted by Crippen LogP contribution is -2.47. The average molecular weight is 328 g/mol. The number of nitrogens with one attached hydrogen (secondary N) is 1. The standard InChI is InChI=1S/C17H16N2O3S/c1-2-23-15-8-7-11(9-18-15)17(21)19-13-10-22-14-6-4-3-5-12(14)16(13)20/h3-9,13H,2,10H2,1H3,(H,19,21). The first-order valence-electron chi connectivity index (χ1n) is 7.35. The quantitative estimate of drug-likeness (QED) is 0.874. The molecule has 2 aromatic rings. The van der Waals surface area contributed by atoms with Gasteiger partial charge in [0.15, 0.2) is 5.78 Å². The lowest BCUT2D eigenvalue weighted by atomic mass is 10.0. The summed E-state index contributed by atoms with van der Waals surface area (Å²) in [6.45, 7) is 2.18. The highest BCUT2D eigenvalue weighted by molar-refractivity contribution is 7.99. The molecule has 3 rings (SSSR count). The molecule has 1 atom stereocenters. The molecule has 1 aliphatic heterocycles. The molecule has 0 spiro atoms. The predicted octanol–water partition coefficient (Wildman–Crippen LogP) is 2.57. The van der Waals surface area contributed by atoms with Crippen molar-refractivity contribution < 1.29 is 14.3 Å². The lowest BCUT2D eigenvalue weighted by Gasteiger charge is -2.24. The van der Waals surface area contributed by atoms with E-state index in [1.165, 1.54) is 6.20 Å². The molecule has 1 aliphatic rings. The van der Waals surface area contributed by atoms with Gasteiger partial charge in [0.05, 0.1) is 16.2 Å². The van der Waals surface area contributed by atoms with Crippen LogP contribution in [0.15, 0.2) is 47.6 Å². The zero-order valence-electron chi connectivity index (χ0n) is 12.6. The highest BCUT2D eigenvalue weighted by Crippen LogP contribution is 2.24. The summed E-state index contributed by atoms with van der Waals surface area (Å²) < 4.78 is 5.54. The van der Waals surface area contributed by atoms with Gasteiger partial charge in [0.1, 0.15) is 18.4 Å². The van der Waals surface area contributed by atoms with Gasteiger partial charge in [-0.3, -0.25) is 9.59 Å². The number of para-hydroxylation sites is 1. The Morgan fingerprint density at radius 3 is 2.91 bits per heavy atom. The Morgan fingerprint density at radius 2 is 2.17 bits per heavy atom. The second kappa shape index (κ2) is 6.83. The number of fused-ring (bicyclic) bond motifs is 1. The third kappa shape index (κ3) is 3.37. The summed E-state index contributed by atoms with van der Waals surface area (Å²) >= 11 is 1.61. The molecule has 5 nitrogen and oxygen atoms in total. The van der Waals surface area contributed by atoms with Crippen molar-refractivity contribution in [2.45, 2.75) is 18.0 Å².